The van der Waals surface area contributed by atoms with E-state index in [4.69, 9.17) is 4.74 Å². The lowest BCUT2D eigenvalue weighted by atomic mass is 9.93. The summed E-state index contributed by atoms with van der Waals surface area (Å²) in [4.78, 5) is 11.9. The molecule has 0 spiro atoms. The molecule has 176 valence electrons. The van der Waals surface area contributed by atoms with Crippen molar-refractivity contribution in [3.63, 3.8) is 0 Å². The van der Waals surface area contributed by atoms with Crippen LogP contribution in [0, 0.1) is 26.7 Å². The number of hydrogen-bond donors (Lipinski definition) is 2. The lowest BCUT2D eigenvalue weighted by Crippen LogP contribution is -2.33. The molecule has 1 saturated carbocycles. The van der Waals surface area contributed by atoms with Crippen LogP contribution in [-0.4, -0.2) is 22.7 Å². The molecule has 0 heterocycles. The topological polar surface area (TPSA) is 58.6 Å². The van der Waals surface area contributed by atoms with Crippen molar-refractivity contribution in [2.45, 2.75) is 65.2 Å². The standard InChI is InChI=1S/C30H33NO3/c1-18-11-24(12-19(2)21(18)4)28-10-9-26(31-30(29(32)33)16-20(30)3)13-25(28)17-34-27-14-22-7-5-6-8-23(22)15-27/h5-13,20,27,31H,14-17H2,1-4H3,(H,32,33)/t20-,30?/m0/s1. The molecule has 2 N–H and O–H groups in total. The fraction of sp³-hybridized carbons (Fsp3) is 0.367. The summed E-state index contributed by atoms with van der Waals surface area (Å²) in [6.07, 6.45) is 2.68. The minimum absolute atomic E-state index is 0.115. The zero-order chi connectivity index (χ0) is 24.0. The maximum absolute atomic E-state index is 11.9. The zero-order valence-corrected chi connectivity index (χ0v) is 20.4. The van der Waals surface area contributed by atoms with Crippen molar-refractivity contribution in [3.05, 3.63) is 88.0 Å². The average Bonchev–Trinajstić information content (AvgIpc) is 3.27. The minimum Gasteiger partial charge on any atom is -0.479 e. The van der Waals surface area contributed by atoms with Crippen molar-refractivity contribution in [3.8, 4) is 11.1 Å². The Kier molecular flexibility index (Phi) is 5.73. The minimum atomic E-state index is -0.857. The van der Waals surface area contributed by atoms with E-state index in [1.54, 1.807) is 0 Å². The van der Waals surface area contributed by atoms with Crippen LogP contribution in [0.2, 0.25) is 0 Å². The number of benzene rings is 3. The molecule has 0 amide bonds. The first kappa shape index (κ1) is 22.7. The van der Waals surface area contributed by atoms with E-state index < -0.39 is 11.5 Å². The first-order valence-corrected chi connectivity index (χ1v) is 12.2. The molecule has 2 aliphatic carbocycles. The predicted molar refractivity (Wildman–Crippen MR) is 136 cm³/mol. The summed E-state index contributed by atoms with van der Waals surface area (Å²) in [7, 11) is 0. The number of carboxylic acid groups (broad SMARTS) is 1. The van der Waals surface area contributed by atoms with Gasteiger partial charge < -0.3 is 15.2 Å². The van der Waals surface area contributed by atoms with Crippen molar-refractivity contribution in [1.82, 2.24) is 0 Å². The Balaban J connectivity index is 1.44. The summed E-state index contributed by atoms with van der Waals surface area (Å²) < 4.78 is 6.44. The van der Waals surface area contributed by atoms with Crippen LogP contribution in [-0.2, 0) is 29.0 Å². The first-order valence-electron chi connectivity index (χ1n) is 12.2. The first-order chi connectivity index (χ1) is 16.3. The van der Waals surface area contributed by atoms with E-state index in [1.807, 2.05) is 13.0 Å². The van der Waals surface area contributed by atoms with E-state index in [-0.39, 0.29) is 12.0 Å². The number of rotatable bonds is 7. The Morgan fingerprint density at radius 1 is 1.03 bits per heavy atom. The number of carbonyl (C=O) groups is 1. The van der Waals surface area contributed by atoms with Gasteiger partial charge in [-0.25, -0.2) is 4.79 Å². The van der Waals surface area contributed by atoms with Crippen LogP contribution in [0.1, 0.15) is 46.7 Å². The molecule has 2 atom stereocenters. The quantitative estimate of drug-likeness (QED) is 0.443. The van der Waals surface area contributed by atoms with E-state index >= 15 is 0 Å². The molecule has 2 aliphatic rings. The van der Waals surface area contributed by atoms with Gasteiger partial charge in [-0.05, 0) is 103 Å². The largest absolute Gasteiger partial charge is 0.479 e. The third kappa shape index (κ3) is 4.12. The molecule has 1 fully saturated rings. The summed E-state index contributed by atoms with van der Waals surface area (Å²) >= 11 is 0. The number of aliphatic carboxylic acids is 1. The van der Waals surface area contributed by atoms with Gasteiger partial charge >= 0.3 is 5.97 Å². The Bertz CT molecular complexity index is 1220. The second-order valence-electron chi connectivity index (χ2n) is 10.2. The number of hydrogen-bond acceptors (Lipinski definition) is 3. The van der Waals surface area contributed by atoms with Gasteiger partial charge in [-0.15, -0.1) is 0 Å². The predicted octanol–water partition coefficient (Wildman–Crippen LogP) is 6.24. The van der Waals surface area contributed by atoms with Crippen molar-refractivity contribution in [1.29, 1.82) is 0 Å². The van der Waals surface area contributed by atoms with Gasteiger partial charge in [0.1, 0.15) is 5.54 Å². The summed E-state index contributed by atoms with van der Waals surface area (Å²) in [5.41, 5.74) is 9.98. The van der Waals surface area contributed by atoms with E-state index in [0.29, 0.717) is 13.0 Å². The third-order valence-electron chi connectivity index (χ3n) is 7.89. The van der Waals surface area contributed by atoms with Crippen LogP contribution in [0.25, 0.3) is 11.1 Å². The van der Waals surface area contributed by atoms with Crippen molar-refractivity contribution < 1.29 is 14.6 Å². The maximum Gasteiger partial charge on any atom is 0.329 e. The molecule has 0 aromatic heterocycles. The van der Waals surface area contributed by atoms with E-state index in [9.17, 15) is 9.90 Å². The lowest BCUT2D eigenvalue weighted by molar-refractivity contribution is -0.139. The van der Waals surface area contributed by atoms with Gasteiger partial charge in [-0.3, -0.25) is 0 Å². The van der Waals surface area contributed by atoms with Crippen LogP contribution in [0.3, 0.4) is 0 Å². The zero-order valence-electron chi connectivity index (χ0n) is 20.4. The SMILES string of the molecule is Cc1cc(-c2ccc(NC3(C(=O)O)C[C@@H]3C)cc2COC2Cc3ccccc3C2)cc(C)c1C. The summed E-state index contributed by atoms with van der Waals surface area (Å²) in [6.45, 7) is 8.93. The molecule has 1 unspecified atom stereocenters. The Morgan fingerprint density at radius 2 is 1.65 bits per heavy atom. The second-order valence-corrected chi connectivity index (χ2v) is 10.2. The van der Waals surface area contributed by atoms with Gasteiger partial charge in [0.05, 0.1) is 12.7 Å². The third-order valence-corrected chi connectivity index (χ3v) is 7.89. The summed E-state index contributed by atoms with van der Waals surface area (Å²) in [6, 6.07) is 19.2. The van der Waals surface area contributed by atoms with E-state index in [0.717, 1.165) is 29.7 Å². The molecule has 34 heavy (non-hydrogen) atoms. The Labute approximate surface area is 202 Å². The van der Waals surface area contributed by atoms with Crippen LogP contribution < -0.4 is 5.32 Å². The maximum atomic E-state index is 11.9. The summed E-state index contributed by atoms with van der Waals surface area (Å²) in [5, 5.41) is 13.1. The Hall–Kier alpha value is -3.11. The van der Waals surface area contributed by atoms with Crippen molar-refractivity contribution >= 4 is 11.7 Å². The fourth-order valence-corrected chi connectivity index (χ4v) is 5.32. The molecule has 4 nitrogen and oxygen atoms in total. The molecular formula is C30H33NO3. The molecule has 3 aromatic rings. The van der Waals surface area contributed by atoms with Crippen LogP contribution >= 0.6 is 0 Å². The normalized spacial score (nSPS) is 21.4. The van der Waals surface area contributed by atoms with Gasteiger partial charge in [0.25, 0.3) is 0 Å². The lowest BCUT2D eigenvalue weighted by Gasteiger charge is -2.20. The molecule has 4 heteroatoms. The van der Waals surface area contributed by atoms with Gasteiger partial charge in [-0.1, -0.05) is 49.4 Å². The molecule has 0 bridgehead atoms. The molecule has 0 radical (unpaired) electrons. The highest BCUT2D eigenvalue weighted by atomic mass is 16.5. The number of ether oxygens (including phenoxy) is 1. The molecule has 0 aliphatic heterocycles. The van der Waals surface area contributed by atoms with Crippen molar-refractivity contribution in [2.75, 3.05) is 5.32 Å². The molecular weight excluding hydrogens is 422 g/mol. The van der Waals surface area contributed by atoms with Crippen LogP contribution in [0.15, 0.2) is 54.6 Å². The number of aryl methyl sites for hydroxylation is 2. The van der Waals surface area contributed by atoms with E-state index in [2.05, 4.69) is 74.6 Å². The Morgan fingerprint density at radius 3 is 2.21 bits per heavy atom. The molecule has 3 aromatic carbocycles. The second kappa shape index (κ2) is 8.59. The van der Waals surface area contributed by atoms with E-state index in [1.165, 1.54) is 33.4 Å². The highest BCUT2D eigenvalue weighted by molar-refractivity contribution is 5.87. The highest BCUT2D eigenvalue weighted by Gasteiger charge is 2.58. The van der Waals surface area contributed by atoms with Crippen LogP contribution in [0.5, 0.6) is 0 Å². The van der Waals surface area contributed by atoms with Gasteiger partial charge in [-0.2, -0.15) is 0 Å². The smallest absolute Gasteiger partial charge is 0.329 e. The highest BCUT2D eigenvalue weighted by Crippen LogP contribution is 2.46. The fourth-order valence-electron chi connectivity index (χ4n) is 5.32. The number of anilines is 1. The number of carboxylic acids is 1. The molecule has 0 saturated heterocycles. The average molecular weight is 456 g/mol. The van der Waals surface area contributed by atoms with Gasteiger partial charge in [0, 0.05) is 5.69 Å². The van der Waals surface area contributed by atoms with Crippen LogP contribution in [0.4, 0.5) is 5.69 Å². The summed E-state index contributed by atoms with van der Waals surface area (Å²) in [5.74, 6) is -0.667. The van der Waals surface area contributed by atoms with Gasteiger partial charge in [0.15, 0.2) is 0 Å². The van der Waals surface area contributed by atoms with Crippen molar-refractivity contribution in [2.24, 2.45) is 5.92 Å². The number of nitrogens with one attached hydrogen (secondary N) is 1. The van der Waals surface area contributed by atoms with Gasteiger partial charge in [0.2, 0.25) is 0 Å². The molecule has 5 rings (SSSR count). The monoisotopic (exact) mass is 455 g/mol. The number of fused-ring (bicyclic) bond motifs is 1.